The zero-order chi connectivity index (χ0) is 14.0. The molecule has 0 N–H and O–H groups in total. The second-order valence-electron chi connectivity index (χ2n) is 4.50. The molecule has 1 aromatic carbocycles. The number of hydrogen-bond donors (Lipinski definition) is 0. The van der Waals surface area contributed by atoms with Crippen LogP contribution in [0.1, 0.15) is 0 Å². The van der Waals surface area contributed by atoms with E-state index < -0.39 is 10.2 Å². The molecule has 0 spiro atoms. The normalized spacial score (nSPS) is 18.1. The van der Waals surface area contributed by atoms with Crippen LogP contribution < -0.4 is 4.90 Å². The van der Waals surface area contributed by atoms with Gasteiger partial charge in [0.25, 0.3) is 10.2 Å². The van der Waals surface area contributed by atoms with E-state index in [4.69, 9.17) is 0 Å². The van der Waals surface area contributed by atoms with Crippen molar-refractivity contribution in [3.8, 4) is 0 Å². The van der Waals surface area contributed by atoms with Crippen molar-refractivity contribution in [2.45, 2.75) is 0 Å². The van der Waals surface area contributed by atoms with Crippen LogP contribution in [0.15, 0.2) is 30.3 Å². The Bertz CT molecular complexity index is 557. The van der Waals surface area contributed by atoms with Gasteiger partial charge >= 0.3 is 0 Å². The predicted molar refractivity (Wildman–Crippen MR) is 73.0 cm³/mol. The van der Waals surface area contributed by atoms with Crippen molar-refractivity contribution >= 4 is 21.8 Å². The van der Waals surface area contributed by atoms with E-state index in [9.17, 15) is 13.2 Å². The Balaban J connectivity index is 2.14. The van der Waals surface area contributed by atoms with Crippen LogP contribution in [0, 0.1) is 0 Å². The number of rotatable bonds is 3. The van der Waals surface area contributed by atoms with Crippen molar-refractivity contribution in [1.29, 1.82) is 0 Å². The number of benzene rings is 1. The predicted octanol–water partition coefficient (Wildman–Crippen LogP) is 0.142. The Morgan fingerprint density at radius 2 is 1.74 bits per heavy atom. The van der Waals surface area contributed by atoms with E-state index in [0.29, 0.717) is 13.1 Å². The van der Waals surface area contributed by atoms with Crippen molar-refractivity contribution in [3.63, 3.8) is 0 Å². The molecule has 1 heterocycles. The second kappa shape index (κ2) is 5.28. The maximum absolute atomic E-state index is 12.1. The van der Waals surface area contributed by atoms with Gasteiger partial charge in [-0.3, -0.25) is 4.79 Å². The highest BCUT2D eigenvalue weighted by Gasteiger charge is 2.33. The van der Waals surface area contributed by atoms with Crippen molar-refractivity contribution in [2.75, 3.05) is 38.6 Å². The van der Waals surface area contributed by atoms with Gasteiger partial charge in [-0.15, -0.1) is 0 Å². The largest absolute Gasteiger partial charge is 0.310 e. The minimum Gasteiger partial charge on any atom is -0.310 e. The lowest BCUT2D eigenvalue weighted by Crippen LogP contribution is -2.54. The van der Waals surface area contributed by atoms with Crippen LogP contribution >= 0.6 is 0 Å². The van der Waals surface area contributed by atoms with Gasteiger partial charge in [-0.2, -0.15) is 17.0 Å². The molecule has 104 valence electrons. The van der Waals surface area contributed by atoms with Gasteiger partial charge in [0.15, 0.2) is 0 Å². The molecule has 19 heavy (non-hydrogen) atoms. The fourth-order valence-corrected chi connectivity index (χ4v) is 3.01. The minimum atomic E-state index is -3.52. The zero-order valence-corrected chi connectivity index (χ0v) is 11.8. The molecule has 0 unspecified atom stereocenters. The smallest absolute Gasteiger partial charge is 0.282 e. The van der Waals surface area contributed by atoms with Crippen LogP contribution in [0.25, 0.3) is 0 Å². The number of carbonyl (C=O) groups is 1. The average Bonchev–Trinajstić information content (AvgIpc) is 2.39. The molecule has 1 amide bonds. The third kappa shape index (κ3) is 2.78. The molecule has 1 aliphatic heterocycles. The molecule has 1 fully saturated rings. The van der Waals surface area contributed by atoms with Crippen LogP contribution in [0.5, 0.6) is 0 Å². The molecular weight excluding hydrogens is 266 g/mol. The van der Waals surface area contributed by atoms with Crippen LogP contribution in [0.3, 0.4) is 0 Å². The van der Waals surface area contributed by atoms with Gasteiger partial charge in [0.1, 0.15) is 0 Å². The topological polar surface area (TPSA) is 60.9 Å². The van der Waals surface area contributed by atoms with Crippen LogP contribution in [-0.4, -0.2) is 56.7 Å². The first kappa shape index (κ1) is 14.0. The summed E-state index contributed by atoms with van der Waals surface area (Å²) in [5.41, 5.74) is 0.800. The lowest BCUT2D eigenvalue weighted by atomic mass is 10.2. The number of amides is 1. The number of anilines is 1. The Morgan fingerprint density at radius 3 is 2.26 bits per heavy atom. The molecule has 0 aromatic heterocycles. The molecule has 1 saturated heterocycles. The van der Waals surface area contributed by atoms with Crippen molar-refractivity contribution in [1.82, 2.24) is 8.61 Å². The molecular formula is C12H17N3O3S. The molecule has 0 radical (unpaired) electrons. The molecule has 0 bridgehead atoms. The van der Waals surface area contributed by atoms with E-state index in [0.717, 1.165) is 9.99 Å². The monoisotopic (exact) mass is 283 g/mol. The van der Waals surface area contributed by atoms with E-state index in [1.807, 2.05) is 30.3 Å². The van der Waals surface area contributed by atoms with Gasteiger partial charge in [-0.25, -0.2) is 0 Å². The van der Waals surface area contributed by atoms with E-state index in [1.54, 1.807) is 4.90 Å². The molecule has 6 nitrogen and oxygen atoms in total. The molecule has 0 saturated carbocycles. The standard InChI is InChI=1S/C12H17N3O3S/c1-13(2)19(17,18)14-8-9-15(12(16)10-14)11-6-4-3-5-7-11/h3-7H,8-10H2,1-2H3. The number of hydrogen-bond acceptors (Lipinski definition) is 3. The maximum Gasteiger partial charge on any atom is 0.282 e. The van der Waals surface area contributed by atoms with Gasteiger partial charge in [0.2, 0.25) is 5.91 Å². The molecule has 1 aliphatic rings. The van der Waals surface area contributed by atoms with E-state index in [2.05, 4.69) is 0 Å². The summed E-state index contributed by atoms with van der Waals surface area (Å²) in [4.78, 5) is 13.7. The lowest BCUT2D eigenvalue weighted by molar-refractivity contribution is -0.120. The number of para-hydroxylation sites is 1. The van der Waals surface area contributed by atoms with Gasteiger partial charge in [-0.1, -0.05) is 18.2 Å². The third-order valence-corrected chi connectivity index (χ3v) is 4.93. The Kier molecular flexibility index (Phi) is 3.88. The van der Waals surface area contributed by atoms with Crippen molar-refractivity contribution in [2.24, 2.45) is 0 Å². The summed E-state index contributed by atoms with van der Waals surface area (Å²) < 4.78 is 26.2. The Hall–Kier alpha value is -1.44. The molecule has 7 heteroatoms. The first-order valence-electron chi connectivity index (χ1n) is 5.96. The summed E-state index contributed by atoms with van der Waals surface area (Å²) in [6, 6.07) is 9.26. The number of piperazine rings is 1. The van der Waals surface area contributed by atoms with Crippen molar-refractivity contribution in [3.05, 3.63) is 30.3 Å². The summed E-state index contributed by atoms with van der Waals surface area (Å²) >= 11 is 0. The maximum atomic E-state index is 12.1. The summed E-state index contributed by atoms with van der Waals surface area (Å²) in [5, 5.41) is 0. The van der Waals surface area contributed by atoms with Gasteiger partial charge < -0.3 is 4.90 Å². The molecule has 2 rings (SSSR count). The minimum absolute atomic E-state index is 0.116. The van der Waals surface area contributed by atoms with Gasteiger partial charge in [0, 0.05) is 32.9 Å². The second-order valence-corrected chi connectivity index (χ2v) is 6.65. The van der Waals surface area contributed by atoms with E-state index in [1.165, 1.54) is 18.4 Å². The summed E-state index contributed by atoms with van der Waals surface area (Å²) in [6.45, 7) is 0.562. The fraction of sp³-hybridized carbons (Fsp3) is 0.417. The highest BCUT2D eigenvalue weighted by Crippen LogP contribution is 2.18. The van der Waals surface area contributed by atoms with E-state index in [-0.39, 0.29) is 12.5 Å². The van der Waals surface area contributed by atoms with Crippen LogP contribution in [0.4, 0.5) is 5.69 Å². The average molecular weight is 283 g/mol. The Morgan fingerprint density at radius 1 is 1.11 bits per heavy atom. The number of nitrogens with zero attached hydrogens (tertiary/aromatic N) is 3. The SMILES string of the molecule is CN(C)S(=O)(=O)N1CCN(c2ccccc2)C(=O)C1. The molecule has 0 atom stereocenters. The van der Waals surface area contributed by atoms with Crippen LogP contribution in [-0.2, 0) is 15.0 Å². The zero-order valence-electron chi connectivity index (χ0n) is 11.0. The number of carbonyl (C=O) groups excluding carboxylic acids is 1. The van der Waals surface area contributed by atoms with Crippen LogP contribution in [0.2, 0.25) is 0 Å². The van der Waals surface area contributed by atoms with Gasteiger partial charge in [-0.05, 0) is 12.1 Å². The van der Waals surface area contributed by atoms with E-state index >= 15 is 0 Å². The highest BCUT2D eigenvalue weighted by atomic mass is 32.2. The molecule has 1 aromatic rings. The third-order valence-electron chi connectivity index (χ3n) is 3.04. The molecule has 0 aliphatic carbocycles. The lowest BCUT2D eigenvalue weighted by Gasteiger charge is -2.34. The summed E-state index contributed by atoms with van der Waals surface area (Å²) in [7, 11) is -0.596. The fourth-order valence-electron chi connectivity index (χ4n) is 1.96. The Labute approximate surface area is 113 Å². The van der Waals surface area contributed by atoms with Gasteiger partial charge in [0.05, 0.1) is 6.54 Å². The first-order valence-corrected chi connectivity index (χ1v) is 7.35. The van der Waals surface area contributed by atoms with Crippen molar-refractivity contribution < 1.29 is 13.2 Å². The highest BCUT2D eigenvalue weighted by molar-refractivity contribution is 7.86. The first-order chi connectivity index (χ1) is 8.93. The summed E-state index contributed by atoms with van der Waals surface area (Å²) in [6.07, 6.45) is 0. The summed E-state index contributed by atoms with van der Waals surface area (Å²) in [5.74, 6) is -0.206. The quantitative estimate of drug-likeness (QED) is 0.793.